The number of halogens is 1. The normalized spacial score (nSPS) is 15.4. The van der Waals surface area contributed by atoms with Crippen molar-refractivity contribution in [2.75, 3.05) is 25.0 Å². The lowest BCUT2D eigenvalue weighted by Gasteiger charge is -2.30. The van der Waals surface area contributed by atoms with Gasteiger partial charge in [0, 0.05) is 42.6 Å². The van der Waals surface area contributed by atoms with Gasteiger partial charge < -0.3 is 14.6 Å². The van der Waals surface area contributed by atoms with Gasteiger partial charge in [-0.1, -0.05) is 6.07 Å². The number of nitrogens with zero attached hydrogens (tertiary/aromatic N) is 2. The molecule has 8 nitrogen and oxygen atoms in total. The number of sulfonamides is 1. The molecule has 0 saturated carbocycles. The molecule has 1 aromatic carbocycles. The molecule has 10 heteroatoms. The van der Waals surface area contributed by atoms with Gasteiger partial charge in [0.25, 0.3) is 0 Å². The third-order valence-electron chi connectivity index (χ3n) is 6.38. The van der Waals surface area contributed by atoms with E-state index < -0.39 is 27.7 Å². The molecule has 1 aromatic heterocycles. The van der Waals surface area contributed by atoms with Gasteiger partial charge in [-0.15, -0.1) is 0 Å². The molecule has 1 fully saturated rings. The number of anilines is 1. The van der Waals surface area contributed by atoms with E-state index in [1.54, 1.807) is 44.4 Å². The van der Waals surface area contributed by atoms with Crippen LogP contribution >= 0.6 is 0 Å². The van der Waals surface area contributed by atoms with E-state index in [0.29, 0.717) is 42.0 Å². The van der Waals surface area contributed by atoms with Gasteiger partial charge in [-0.05, 0) is 65.2 Å². The van der Waals surface area contributed by atoms with E-state index in [2.05, 4.69) is 5.32 Å². The highest BCUT2D eigenvalue weighted by atomic mass is 32.2. The van der Waals surface area contributed by atoms with Crippen LogP contribution in [0.3, 0.4) is 0 Å². The molecule has 2 heterocycles. The third-order valence-corrected chi connectivity index (χ3v) is 8.45. The van der Waals surface area contributed by atoms with E-state index >= 15 is 0 Å². The molecular formula is C24H32FN3O5S. The fraction of sp³-hybridized carbons (Fsp3) is 0.500. The topological polar surface area (TPSA) is 97.7 Å². The maximum atomic E-state index is 13.8. The predicted octanol–water partition coefficient (Wildman–Crippen LogP) is 3.79. The number of rotatable bonds is 7. The van der Waals surface area contributed by atoms with E-state index in [0.717, 1.165) is 0 Å². The van der Waals surface area contributed by atoms with Crippen LogP contribution in [-0.4, -0.2) is 48.9 Å². The van der Waals surface area contributed by atoms with Crippen LogP contribution in [0.1, 0.15) is 54.0 Å². The van der Waals surface area contributed by atoms with Crippen LogP contribution in [0.4, 0.5) is 10.1 Å². The molecule has 0 aliphatic carbocycles. The summed E-state index contributed by atoms with van der Waals surface area (Å²) in [6, 6.07) is 4.50. The van der Waals surface area contributed by atoms with E-state index in [-0.39, 0.29) is 36.1 Å². The molecule has 1 amide bonds. The van der Waals surface area contributed by atoms with E-state index in [9.17, 15) is 22.4 Å². The summed E-state index contributed by atoms with van der Waals surface area (Å²) in [5, 5.41) is 2.72. The number of carbonyl (C=O) groups excluding carboxylic acids is 2. The summed E-state index contributed by atoms with van der Waals surface area (Å²) in [6.07, 6.45) is 0.640. The molecule has 0 bridgehead atoms. The Hall–Kier alpha value is -2.72. The number of amides is 1. The van der Waals surface area contributed by atoms with Crippen molar-refractivity contribution in [1.82, 2.24) is 8.87 Å². The van der Waals surface area contributed by atoms with Crippen molar-refractivity contribution in [3.05, 3.63) is 46.5 Å². The number of hydrogen-bond acceptors (Lipinski definition) is 5. The second-order valence-electron chi connectivity index (χ2n) is 8.47. The molecule has 1 N–H and O–H groups in total. The van der Waals surface area contributed by atoms with Crippen molar-refractivity contribution in [2.45, 2.75) is 58.9 Å². The summed E-state index contributed by atoms with van der Waals surface area (Å²) in [5.41, 5.74) is 1.97. The Labute approximate surface area is 200 Å². The number of aryl methyl sites for hydroxylation is 1. The van der Waals surface area contributed by atoms with E-state index in [1.165, 1.54) is 10.4 Å². The van der Waals surface area contributed by atoms with Crippen molar-refractivity contribution in [2.24, 2.45) is 5.92 Å². The molecule has 2 aromatic rings. The minimum absolute atomic E-state index is 0.0247. The maximum absolute atomic E-state index is 13.8. The van der Waals surface area contributed by atoms with Gasteiger partial charge >= 0.3 is 5.97 Å². The molecule has 0 radical (unpaired) electrons. The summed E-state index contributed by atoms with van der Waals surface area (Å²) >= 11 is 0. The van der Waals surface area contributed by atoms with Crippen molar-refractivity contribution >= 4 is 27.6 Å². The fourth-order valence-corrected chi connectivity index (χ4v) is 6.41. The number of piperidine rings is 1. The summed E-state index contributed by atoms with van der Waals surface area (Å²) in [7, 11) is -3.99. The Kier molecular flexibility index (Phi) is 7.82. The lowest BCUT2D eigenvalue weighted by molar-refractivity contribution is -0.120. The lowest BCUT2D eigenvalue weighted by atomic mass is 9.97. The zero-order valence-corrected chi connectivity index (χ0v) is 21.1. The highest BCUT2D eigenvalue weighted by molar-refractivity contribution is 7.89. The van der Waals surface area contributed by atoms with Gasteiger partial charge in [0.05, 0.1) is 6.61 Å². The smallest absolute Gasteiger partial charge is 0.341 e. The number of benzene rings is 1. The fourth-order valence-electron chi connectivity index (χ4n) is 4.49. The third kappa shape index (κ3) is 4.88. The zero-order chi connectivity index (χ0) is 25.2. The minimum atomic E-state index is -3.99. The van der Waals surface area contributed by atoms with E-state index in [1.807, 2.05) is 6.92 Å². The van der Waals surface area contributed by atoms with Crippen LogP contribution in [0.2, 0.25) is 0 Å². The van der Waals surface area contributed by atoms with Crippen molar-refractivity contribution in [3.8, 4) is 0 Å². The van der Waals surface area contributed by atoms with Crippen molar-refractivity contribution < 1.29 is 27.1 Å². The molecule has 3 rings (SSSR count). The number of carbonyl (C=O) groups is 2. The van der Waals surface area contributed by atoms with Gasteiger partial charge in [-0.3, -0.25) is 4.79 Å². The second-order valence-corrected chi connectivity index (χ2v) is 10.3. The van der Waals surface area contributed by atoms with E-state index in [4.69, 9.17) is 4.74 Å². The van der Waals surface area contributed by atoms with Crippen molar-refractivity contribution in [1.29, 1.82) is 0 Å². The second kappa shape index (κ2) is 10.3. The standard InChI is InChI=1S/C24H32FN3O5S/c1-6-28-16(4)21(24(30)33-7-2)22(17(28)5)34(31,32)27-12-10-18(11-13-27)23(29)26-19-9-8-15(3)20(25)14-19/h8-9,14,18H,6-7,10-13H2,1-5H3,(H,26,29). The van der Waals surface area contributed by atoms with Crippen LogP contribution in [0.25, 0.3) is 0 Å². The molecule has 0 spiro atoms. The zero-order valence-electron chi connectivity index (χ0n) is 20.3. The minimum Gasteiger partial charge on any atom is -0.462 e. The Morgan fingerprint density at radius 3 is 2.32 bits per heavy atom. The quantitative estimate of drug-likeness (QED) is 0.592. The van der Waals surface area contributed by atoms with Gasteiger partial charge in [0.2, 0.25) is 15.9 Å². The number of hydrogen-bond donors (Lipinski definition) is 1. The van der Waals surface area contributed by atoms with Gasteiger partial charge in [0.15, 0.2) is 0 Å². The number of ether oxygens (including phenoxy) is 1. The first kappa shape index (κ1) is 25.9. The first-order chi connectivity index (χ1) is 16.0. The number of esters is 1. The predicted molar refractivity (Wildman–Crippen MR) is 127 cm³/mol. The highest BCUT2D eigenvalue weighted by Gasteiger charge is 2.38. The van der Waals surface area contributed by atoms with Gasteiger partial charge in [0.1, 0.15) is 16.3 Å². The molecule has 0 atom stereocenters. The van der Waals surface area contributed by atoms with Crippen LogP contribution in [0.15, 0.2) is 23.1 Å². The summed E-state index contributed by atoms with van der Waals surface area (Å²) in [4.78, 5) is 25.3. The molecule has 0 unspecified atom stereocenters. The van der Waals surface area contributed by atoms with Crippen LogP contribution in [0, 0.1) is 32.5 Å². The Bertz CT molecular complexity index is 1200. The summed E-state index contributed by atoms with van der Waals surface area (Å²) < 4.78 is 49.3. The number of nitrogens with one attached hydrogen (secondary N) is 1. The molecular weight excluding hydrogens is 461 g/mol. The summed E-state index contributed by atoms with van der Waals surface area (Å²) in [6.45, 7) is 9.53. The Morgan fingerprint density at radius 2 is 1.76 bits per heavy atom. The van der Waals surface area contributed by atoms with Crippen LogP contribution < -0.4 is 5.32 Å². The molecule has 186 valence electrons. The van der Waals surface area contributed by atoms with Crippen molar-refractivity contribution in [3.63, 3.8) is 0 Å². The monoisotopic (exact) mass is 493 g/mol. The first-order valence-corrected chi connectivity index (χ1v) is 12.9. The van der Waals surface area contributed by atoms with Gasteiger partial charge in [-0.2, -0.15) is 4.31 Å². The lowest BCUT2D eigenvalue weighted by Crippen LogP contribution is -2.42. The van der Waals surface area contributed by atoms with Crippen LogP contribution in [0.5, 0.6) is 0 Å². The van der Waals surface area contributed by atoms with Crippen LogP contribution in [-0.2, 0) is 26.1 Å². The molecule has 1 aliphatic heterocycles. The number of aromatic nitrogens is 1. The molecule has 1 aliphatic rings. The average Bonchev–Trinajstić information content (AvgIpc) is 3.06. The molecule has 1 saturated heterocycles. The summed E-state index contributed by atoms with van der Waals surface area (Å²) in [5.74, 6) is -1.73. The average molecular weight is 494 g/mol. The Morgan fingerprint density at radius 1 is 1.12 bits per heavy atom. The molecule has 34 heavy (non-hydrogen) atoms. The largest absolute Gasteiger partial charge is 0.462 e. The maximum Gasteiger partial charge on any atom is 0.341 e. The Balaban J connectivity index is 1.79. The highest BCUT2D eigenvalue weighted by Crippen LogP contribution is 2.32. The SMILES string of the molecule is CCOC(=O)c1c(S(=O)(=O)N2CCC(C(=O)Nc3ccc(C)c(F)c3)CC2)c(C)n(CC)c1C. The first-order valence-electron chi connectivity index (χ1n) is 11.5. The van der Waals surface area contributed by atoms with Gasteiger partial charge in [-0.25, -0.2) is 17.6 Å².